The predicted octanol–water partition coefficient (Wildman–Crippen LogP) is 3.87. The Morgan fingerprint density at radius 3 is 2.79 bits per heavy atom. The van der Waals surface area contributed by atoms with Crippen LogP contribution in [0.15, 0.2) is 29.6 Å². The lowest BCUT2D eigenvalue weighted by molar-refractivity contribution is 0.0521. The molecule has 0 saturated carbocycles. The van der Waals surface area contributed by atoms with E-state index < -0.39 is 5.97 Å². The summed E-state index contributed by atoms with van der Waals surface area (Å²) in [6.07, 6.45) is 1.66. The molecule has 1 aliphatic heterocycles. The number of hydrogen-bond donors (Lipinski definition) is 1. The zero-order valence-corrected chi connectivity index (χ0v) is 17.0. The summed E-state index contributed by atoms with van der Waals surface area (Å²) < 4.78 is 18.4. The molecule has 2 aromatic rings. The molecule has 0 saturated heterocycles. The number of ether oxygens (including phenoxy) is 3. The molecule has 150 valence electrons. The lowest BCUT2D eigenvalue weighted by atomic mass is 10.0. The maximum atomic E-state index is 12.4. The van der Waals surface area contributed by atoms with Crippen molar-refractivity contribution in [2.24, 2.45) is 11.1 Å². The SMILES string of the molecule is CCOC(=O)c1cn2c(c/c1=N\O)-c1cc(Cl)c(OC)cc1OCC2C(C)C. The first-order chi connectivity index (χ1) is 13.4. The minimum absolute atomic E-state index is 0.0620. The largest absolute Gasteiger partial charge is 0.495 e. The number of hydrogen-bond acceptors (Lipinski definition) is 6. The van der Waals surface area contributed by atoms with Crippen molar-refractivity contribution in [2.45, 2.75) is 26.8 Å². The summed E-state index contributed by atoms with van der Waals surface area (Å²) in [4.78, 5) is 12.4. The van der Waals surface area contributed by atoms with Gasteiger partial charge in [0.1, 0.15) is 29.0 Å². The molecular formula is C20H23ClN2O5. The van der Waals surface area contributed by atoms with Crippen molar-refractivity contribution in [3.63, 3.8) is 0 Å². The Bertz CT molecular complexity index is 968. The highest BCUT2D eigenvalue weighted by molar-refractivity contribution is 6.32. The Labute approximate surface area is 168 Å². The van der Waals surface area contributed by atoms with Crippen molar-refractivity contribution in [3.05, 3.63) is 40.3 Å². The lowest BCUT2D eigenvalue weighted by Gasteiger charge is -2.25. The standard InChI is InChI=1S/C20H23ClN2O5/c1-5-27-20(24)13-9-23-16(7-15(13)22-25)12-6-14(21)19(26-4)8-18(12)28-10-17(23)11(2)3/h6-9,11,17,25H,5,10H2,1-4H3/b22-15+. The number of esters is 1. The average molecular weight is 407 g/mol. The quantitative estimate of drug-likeness (QED) is 0.473. The minimum atomic E-state index is -0.550. The van der Waals surface area contributed by atoms with Crippen molar-refractivity contribution in [3.8, 4) is 22.8 Å². The van der Waals surface area contributed by atoms with Gasteiger partial charge in [-0.05, 0) is 25.0 Å². The van der Waals surface area contributed by atoms with Gasteiger partial charge in [0.15, 0.2) is 0 Å². The van der Waals surface area contributed by atoms with E-state index in [2.05, 4.69) is 19.0 Å². The van der Waals surface area contributed by atoms with Gasteiger partial charge in [0.05, 0.1) is 30.5 Å². The Morgan fingerprint density at radius 2 is 2.18 bits per heavy atom. The summed E-state index contributed by atoms with van der Waals surface area (Å²) in [6, 6.07) is 5.06. The number of fused-ring (bicyclic) bond motifs is 3. The molecule has 8 heteroatoms. The Hall–Kier alpha value is -2.67. The zero-order valence-electron chi connectivity index (χ0n) is 16.2. The van der Waals surface area contributed by atoms with Crippen LogP contribution in [0.4, 0.5) is 0 Å². The molecule has 7 nitrogen and oxygen atoms in total. The number of methoxy groups -OCH3 is 1. The van der Waals surface area contributed by atoms with Crippen LogP contribution < -0.4 is 14.8 Å². The molecule has 0 radical (unpaired) electrons. The zero-order chi connectivity index (χ0) is 20.4. The third kappa shape index (κ3) is 3.54. The van der Waals surface area contributed by atoms with E-state index in [1.165, 1.54) is 7.11 Å². The maximum absolute atomic E-state index is 12.4. The number of halogens is 1. The van der Waals surface area contributed by atoms with Gasteiger partial charge in [0.2, 0.25) is 0 Å². The molecular weight excluding hydrogens is 384 g/mol. The Balaban J connectivity index is 2.31. The molecule has 1 unspecified atom stereocenters. The number of carbonyl (C=O) groups is 1. The molecule has 0 bridgehead atoms. The summed E-state index contributed by atoms with van der Waals surface area (Å²) in [5, 5.41) is 13.3. The first-order valence-corrected chi connectivity index (χ1v) is 9.41. The molecule has 1 aromatic carbocycles. The topological polar surface area (TPSA) is 82.3 Å². The predicted molar refractivity (Wildman–Crippen MR) is 104 cm³/mol. The lowest BCUT2D eigenvalue weighted by Crippen LogP contribution is -2.27. The van der Waals surface area contributed by atoms with E-state index in [4.69, 9.17) is 25.8 Å². The summed E-state index contributed by atoms with van der Waals surface area (Å²) in [7, 11) is 1.54. The van der Waals surface area contributed by atoms with Crippen LogP contribution >= 0.6 is 11.6 Å². The highest BCUT2D eigenvalue weighted by atomic mass is 35.5. The first kappa shape index (κ1) is 20.1. The van der Waals surface area contributed by atoms with Crippen LogP contribution in [0.3, 0.4) is 0 Å². The normalized spacial score (nSPS) is 16.1. The highest BCUT2D eigenvalue weighted by Crippen LogP contribution is 2.42. The van der Waals surface area contributed by atoms with Gasteiger partial charge in [-0.1, -0.05) is 30.6 Å². The molecule has 2 heterocycles. The average Bonchev–Trinajstić information content (AvgIpc) is 2.82. The number of carbonyl (C=O) groups excluding carboxylic acids is 1. The molecule has 0 aliphatic carbocycles. The molecule has 1 atom stereocenters. The van der Waals surface area contributed by atoms with Gasteiger partial charge in [0.25, 0.3) is 0 Å². The number of nitrogens with zero attached hydrogens (tertiary/aromatic N) is 2. The molecule has 1 aromatic heterocycles. The van der Waals surface area contributed by atoms with Crippen LogP contribution in [0.2, 0.25) is 5.02 Å². The van der Waals surface area contributed by atoms with Crippen LogP contribution in [0.25, 0.3) is 11.3 Å². The van der Waals surface area contributed by atoms with Gasteiger partial charge < -0.3 is 24.0 Å². The van der Waals surface area contributed by atoms with Gasteiger partial charge >= 0.3 is 5.97 Å². The Morgan fingerprint density at radius 1 is 1.43 bits per heavy atom. The van der Waals surface area contributed by atoms with Crippen molar-refractivity contribution < 1.29 is 24.2 Å². The van der Waals surface area contributed by atoms with Crippen molar-refractivity contribution in [1.82, 2.24) is 4.57 Å². The van der Waals surface area contributed by atoms with E-state index in [9.17, 15) is 10.0 Å². The van der Waals surface area contributed by atoms with Crippen LogP contribution in [0.1, 0.15) is 37.2 Å². The van der Waals surface area contributed by atoms with Crippen molar-refractivity contribution in [1.29, 1.82) is 0 Å². The third-order valence-corrected chi connectivity index (χ3v) is 5.06. The fourth-order valence-electron chi connectivity index (χ4n) is 3.28. The third-order valence-electron chi connectivity index (χ3n) is 4.77. The fourth-order valence-corrected chi connectivity index (χ4v) is 3.52. The van der Waals surface area contributed by atoms with E-state index in [1.54, 1.807) is 31.3 Å². The smallest absolute Gasteiger partial charge is 0.341 e. The minimum Gasteiger partial charge on any atom is -0.495 e. The Kier molecular flexibility index (Phi) is 5.84. The van der Waals surface area contributed by atoms with Crippen LogP contribution in [0, 0.1) is 5.92 Å². The number of pyridine rings is 1. The molecule has 1 aliphatic rings. The second-order valence-corrected chi connectivity index (χ2v) is 7.20. The van der Waals surface area contributed by atoms with E-state index in [0.29, 0.717) is 28.7 Å². The number of rotatable bonds is 4. The van der Waals surface area contributed by atoms with Crippen molar-refractivity contribution >= 4 is 17.6 Å². The van der Waals surface area contributed by atoms with E-state index in [0.717, 1.165) is 5.69 Å². The molecule has 1 N–H and O–H groups in total. The summed E-state index contributed by atoms with van der Waals surface area (Å²) >= 11 is 6.34. The van der Waals surface area contributed by atoms with Crippen LogP contribution in [-0.2, 0) is 4.74 Å². The summed E-state index contributed by atoms with van der Waals surface area (Å²) in [6.45, 7) is 6.48. The molecule has 0 fully saturated rings. The molecule has 0 spiro atoms. The molecule has 28 heavy (non-hydrogen) atoms. The van der Waals surface area contributed by atoms with E-state index >= 15 is 0 Å². The van der Waals surface area contributed by atoms with Crippen LogP contribution in [-0.4, -0.2) is 36.1 Å². The number of aromatic nitrogens is 1. The highest BCUT2D eigenvalue weighted by Gasteiger charge is 2.27. The van der Waals surface area contributed by atoms with E-state index in [-0.39, 0.29) is 29.5 Å². The monoisotopic (exact) mass is 406 g/mol. The van der Waals surface area contributed by atoms with Crippen molar-refractivity contribution in [2.75, 3.05) is 20.3 Å². The maximum Gasteiger partial charge on any atom is 0.341 e. The summed E-state index contributed by atoms with van der Waals surface area (Å²) in [5.74, 6) is 0.768. The second-order valence-electron chi connectivity index (χ2n) is 6.79. The van der Waals surface area contributed by atoms with E-state index in [1.807, 2.05) is 4.57 Å². The second kappa shape index (κ2) is 8.14. The molecule has 3 rings (SSSR count). The van der Waals surface area contributed by atoms with Crippen LogP contribution in [0.5, 0.6) is 11.5 Å². The van der Waals surface area contributed by atoms with Gasteiger partial charge in [0, 0.05) is 17.8 Å². The first-order valence-electron chi connectivity index (χ1n) is 9.03. The summed E-state index contributed by atoms with van der Waals surface area (Å²) in [5.41, 5.74) is 1.62. The van der Waals surface area contributed by atoms with Gasteiger partial charge in [-0.15, -0.1) is 0 Å². The van der Waals surface area contributed by atoms with Gasteiger partial charge in [-0.2, -0.15) is 0 Å². The fraction of sp³-hybridized carbons (Fsp3) is 0.400. The molecule has 0 amide bonds. The van der Waals surface area contributed by atoms with Gasteiger partial charge in [-0.25, -0.2) is 4.79 Å². The van der Waals surface area contributed by atoms with Gasteiger partial charge in [-0.3, -0.25) is 0 Å². The number of benzene rings is 1.